The van der Waals surface area contributed by atoms with Gasteiger partial charge in [0.05, 0.1) is 13.2 Å². The summed E-state index contributed by atoms with van der Waals surface area (Å²) in [6.07, 6.45) is 0. The lowest BCUT2D eigenvalue weighted by atomic mass is 10.1. The molecular formula is C15H14BrFN2O. The number of ether oxygens (including phenoxy) is 1. The summed E-state index contributed by atoms with van der Waals surface area (Å²) in [4.78, 5) is 0. The Morgan fingerprint density at radius 1 is 1.20 bits per heavy atom. The van der Waals surface area contributed by atoms with E-state index in [-0.39, 0.29) is 12.4 Å². The van der Waals surface area contributed by atoms with Crippen molar-refractivity contribution in [3.63, 3.8) is 0 Å². The second-order valence-corrected chi connectivity index (χ2v) is 5.20. The molecule has 0 amide bonds. The fraction of sp³-hybridized carbons (Fsp3) is 0.133. The van der Waals surface area contributed by atoms with Gasteiger partial charge in [-0.3, -0.25) is 5.41 Å². The van der Waals surface area contributed by atoms with Gasteiger partial charge in [0.15, 0.2) is 0 Å². The first kappa shape index (κ1) is 14.7. The first-order chi connectivity index (χ1) is 9.56. The van der Waals surface area contributed by atoms with E-state index in [2.05, 4.69) is 15.9 Å². The first-order valence-electron chi connectivity index (χ1n) is 6.01. The highest BCUT2D eigenvalue weighted by atomic mass is 79.9. The van der Waals surface area contributed by atoms with E-state index < -0.39 is 5.82 Å². The molecule has 0 aliphatic carbocycles. The first-order valence-corrected chi connectivity index (χ1v) is 6.80. The van der Waals surface area contributed by atoms with Crippen molar-refractivity contribution < 1.29 is 9.13 Å². The third kappa shape index (κ3) is 3.88. The second kappa shape index (κ2) is 6.63. The van der Waals surface area contributed by atoms with Crippen molar-refractivity contribution in [2.45, 2.75) is 13.2 Å². The third-order valence-corrected chi connectivity index (χ3v) is 3.53. The third-order valence-electron chi connectivity index (χ3n) is 2.75. The van der Waals surface area contributed by atoms with Crippen LogP contribution >= 0.6 is 15.9 Å². The molecule has 2 rings (SSSR count). The maximum absolute atomic E-state index is 13.4. The molecule has 0 radical (unpaired) electrons. The summed E-state index contributed by atoms with van der Waals surface area (Å²) in [6.45, 7) is 0.687. The standard InChI is InChI=1S/C15H14BrFN2O/c16-14-4-2-1-3-11(14)9-20-8-10-5-12(15(18)19)7-13(17)6-10/h1-7H,8-9H2,(H3,18,19). The summed E-state index contributed by atoms with van der Waals surface area (Å²) in [5, 5.41) is 7.33. The number of hydrogen-bond acceptors (Lipinski definition) is 2. The van der Waals surface area contributed by atoms with Crippen LogP contribution in [0.25, 0.3) is 0 Å². The van der Waals surface area contributed by atoms with Crippen molar-refractivity contribution in [2.75, 3.05) is 0 Å². The van der Waals surface area contributed by atoms with E-state index in [1.165, 1.54) is 12.1 Å². The number of rotatable bonds is 5. The zero-order valence-corrected chi connectivity index (χ0v) is 12.3. The normalized spacial score (nSPS) is 10.5. The van der Waals surface area contributed by atoms with Crippen molar-refractivity contribution in [1.29, 1.82) is 5.41 Å². The van der Waals surface area contributed by atoms with Crippen LogP contribution in [0.3, 0.4) is 0 Å². The molecule has 0 unspecified atom stereocenters. The van der Waals surface area contributed by atoms with Crippen LogP contribution in [0.5, 0.6) is 0 Å². The van der Waals surface area contributed by atoms with Gasteiger partial charge in [0.25, 0.3) is 0 Å². The molecule has 0 heterocycles. The number of nitrogen functional groups attached to an aromatic ring is 1. The van der Waals surface area contributed by atoms with Crippen LogP contribution in [0, 0.1) is 11.2 Å². The Labute approximate surface area is 125 Å². The fourth-order valence-electron chi connectivity index (χ4n) is 1.78. The average molecular weight is 337 g/mol. The van der Waals surface area contributed by atoms with Gasteiger partial charge >= 0.3 is 0 Å². The van der Waals surface area contributed by atoms with E-state index in [1.807, 2.05) is 24.3 Å². The van der Waals surface area contributed by atoms with Gasteiger partial charge in [-0.1, -0.05) is 34.1 Å². The molecule has 0 saturated carbocycles. The number of benzene rings is 2. The monoisotopic (exact) mass is 336 g/mol. The molecule has 0 aliphatic rings. The molecule has 20 heavy (non-hydrogen) atoms. The highest BCUT2D eigenvalue weighted by Crippen LogP contribution is 2.17. The van der Waals surface area contributed by atoms with Crippen molar-refractivity contribution in [2.24, 2.45) is 5.73 Å². The van der Waals surface area contributed by atoms with Gasteiger partial charge in [-0.2, -0.15) is 0 Å². The zero-order chi connectivity index (χ0) is 14.5. The Morgan fingerprint density at radius 2 is 1.95 bits per heavy atom. The molecule has 0 fully saturated rings. The highest BCUT2D eigenvalue weighted by molar-refractivity contribution is 9.10. The van der Waals surface area contributed by atoms with Crippen molar-refractivity contribution in [3.05, 3.63) is 69.4 Å². The number of nitrogens with two attached hydrogens (primary N) is 1. The van der Waals surface area contributed by atoms with Crippen LogP contribution in [0.4, 0.5) is 4.39 Å². The quantitative estimate of drug-likeness (QED) is 0.647. The highest BCUT2D eigenvalue weighted by Gasteiger charge is 2.04. The van der Waals surface area contributed by atoms with Gasteiger partial charge in [0, 0.05) is 10.0 Å². The van der Waals surface area contributed by atoms with Gasteiger partial charge < -0.3 is 10.5 Å². The van der Waals surface area contributed by atoms with Gasteiger partial charge in [-0.15, -0.1) is 0 Å². The summed E-state index contributed by atoms with van der Waals surface area (Å²) in [6, 6.07) is 12.0. The van der Waals surface area contributed by atoms with Gasteiger partial charge in [0.1, 0.15) is 11.7 Å². The Morgan fingerprint density at radius 3 is 2.65 bits per heavy atom. The maximum atomic E-state index is 13.4. The lowest BCUT2D eigenvalue weighted by molar-refractivity contribution is 0.106. The van der Waals surface area contributed by atoms with Crippen LogP contribution in [0.1, 0.15) is 16.7 Å². The van der Waals surface area contributed by atoms with E-state index in [1.54, 1.807) is 6.07 Å². The molecular weight excluding hydrogens is 323 g/mol. The van der Waals surface area contributed by atoms with Crippen molar-refractivity contribution in [3.8, 4) is 0 Å². The van der Waals surface area contributed by atoms with Crippen LogP contribution < -0.4 is 5.73 Å². The molecule has 3 N–H and O–H groups in total. The van der Waals surface area contributed by atoms with Crippen molar-refractivity contribution in [1.82, 2.24) is 0 Å². The topological polar surface area (TPSA) is 59.1 Å². The Bertz CT molecular complexity index is 631. The molecule has 104 valence electrons. The smallest absolute Gasteiger partial charge is 0.124 e. The van der Waals surface area contributed by atoms with Crippen LogP contribution in [-0.4, -0.2) is 5.84 Å². The van der Waals surface area contributed by atoms with Crippen LogP contribution in [0.15, 0.2) is 46.9 Å². The SMILES string of the molecule is N=C(N)c1cc(F)cc(COCc2ccccc2Br)c1. The predicted octanol–water partition coefficient (Wildman–Crippen LogP) is 3.59. The minimum atomic E-state index is -0.419. The second-order valence-electron chi connectivity index (χ2n) is 4.35. The summed E-state index contributed by atoms with van der Waals surface area (Å²) in [5.41, 5.74) is 7.40. The molecule has 0 saturated heterocycles. The van der Waals surface area contributed by atoms with Crippen LogP contribution in [0.2, 0.25) is 0 Å². The molecule has 0 atom stereocenters. The van der Waals surface area contributed by atoms with Crippen LogP contribution in [-0.2, 0) is 18.0 Å². The van der Waals surface area contributed by atoms with E-state index in [9.17, 15) is 4.39 Å². The molecule has 0 aliphatic heterocycles. The number of nitrogens with one attached hydrogen (secondary N) is 1. The number of hydrogen-bond donors (Lipinski definition) is 2. The summed E-state index contributed by atoms with van der Waals surface area (Å²) >= 11 is 3.44. The number of amidine groups is 1. The average Bonchev–Trinajstić information content (AvgIpc) is 2.40. The lowest BCUT2D eigenvalue weighted by Crippen LogP contribution is -2.12. The molecule has 0 spiro atoms. The van der Waals surface area contributed by atoms with E-state index in [0.29, 0.717) is 17.7 Å². The Hall–Kier alpha value is -1.72. The Balaban J connectivity index is 2.01. The molecule has 2 aromatic rings. The molecule has 3 nitrogen and oxygen atoms in total. The zero-order valence-electron chi connectivity index (χ0n) is 10.7. The number of halogens is 2. The van der Waals surface area contributed by atoms with E-state index >= 15 is 0 Å². The fourth-order valence-corrected chi connectivity index (χ4v) is 2.18. The molecule has 0 aromatic heterocycles. The molecule has 0 bridgehead atoms. The Kier molecular flexibility index (Phi) is 4.87. The summed E-state index contributed by atoms with van der Waals surface area (Å²) in [5.74, 6) is -0.575. The predicted molar refractivity (Wildman–Crippen MR) is 80.1 cm³/mol. The molecule has 5 heteroatoms. The van der Waals surface area contributed by atoms with Gasteiger partial charge in [-0.25, -0.2) is 4.39 Å². The summed E-state index contributed by atoms with van der Waals surface area (Å²) in [7, 11) is 0. The minimum absolute atomic E-state index is 0.156. The lowest BCUT2D eigenvalue weighted by Gasteiger charge is -2.08. The van der Waals surface area contributed by atoms with Gasteiger partial charge in [-0.05, 0) is 35.4 Å². The largest absolute Gasteiger partial charge is 0.384 e. The van der Waals surface area contributed by atoms with Crippen molar-refractivity contribution >= 4 is 21.8 Å². The van der Waals surface area contributed by atoms with Gasteiger partial charge in [0.2, 0.25) is 0 Å². The van der Waals surface area contributed by atoms with E-state index in [4.69, 9.17) is 15.9 Å². The molecule has 2 aromatic carbocycles. The summed E-state index contributed by atoms with van der Waals surface area (Å²) < 4.78 is 19.9. The van der Waals surface area contributed by atoms with E-state index in [0.717, 1.165) is 10.0 Å². The minimum Gasteiger partial charge on any atom is -0.384 e. The maximum Gasteiger partial charge on any atom is 0.124 e.